The van der Waals surface area contributed by atoms with Crippen LogP contribution in [0.25, 0.3) is 0 Å². The van der Waals surface area contributed by atoms with E-state index in [0.29, 0.717) is 24.8 Å². The van der Waals surface area contributed by atoms with Crippen molar-refractivity contribution < 1.29 is 19.8 Å². The summed E-state index contributed by atoms with van der Waals surface area (Å²) < 4.78 is 0. The van der Waals surface area contributed by atoms with E-state index in [1.165, 1.54) is 12.8 Å². The van der Waals surface area contributed by atoms with Gasteiger partial charge in [-0.1, -0.05) is 50.1 Å². The molecule has 0 radical (unpaired) electrons. The zero-order chi connectivity index (χ0) is 17.8. The number of unbranched alkanes of at least 4 members (excludes halogenated alkanes) is 4. The van der Waals surface area contributed by atoms with Crippen LogP contribution in [-0.2, 0) is 9.59 Å². The number of aliphatic hydroxyl groups excluding tert-OH is 1. The second-order valence-electron chi connectivity index (χ2n) is 6.34. The monoisotopic (exact) mass is 334 g/mol. The van der Waals surface area contributed by atoms with E-state index in [2.05, 4.69) is 13.0 Å². The molecule has 2 atom stereocenters. The molecule has 1 fully saturated rings. The Morgan fingerprint density at radius 1 is 1.17 bits per heavy atom. The van der Waals surface area contributed by atoms with E-state index in [1.54, 1.807) is 0 Å². The Labute approximate surface area is 145 Å². The molecule has 1 rings (SSSR count). The molecule has 1 saturated carbocycles. The molecule has 0 aromatic rings. The summed E-state index contributed by atoms with van der Waals surface area (Å²) >= 11 is 0. The van der Waals surface area contributed by atoms with Crippen molar-refractivity contribution >= 4 is 11.8 Å². The maximum atomic E-state index is 12.0. The van der Waals surface area contributed by atoms with Crippen molar-refractivity contribution in [3.63, 3.8) is 0 Å². The van der Waals surface area contributed by atoms with E-state index in [9.17, 15) is 14.7 Å². The molecule has 24 heavy (non-hydrogen) atoms. The summed E-state index contributed by atoms with van der Waals surface area (Å²) in [5, 5.41) is 18.7. The number of carboxylic acids is 1. The Morgan fingerprint density at radius 3 is 2.62 bits per heavy atom. The molecule has 134 valence electrons. The van der Waals surface area contributed by atoms with Crippen molar-refractivity contribution in [1.82, 2.24) is 0 Å². The minimum absolute atomic E-state index is 0.0324. The van der Waals surface area contributed by atoms with Crippen LogP contribution in [0.1, 0.15) is 64.7 Å². The molecule has 1 aliphatic carbocycles. The van der Waals surface area contributed by atoms with Gasteiger partial charge in [0.2, 0.25) is 0 Å². The summed E-state index contributed by atoms with van der Waals surface area (Å²) in [5.41, 5.74) is 0.712. The molecule has 0 aromatic carbocycles. The van der Waals surface area contributed by atoms with Gasteiger partial charge in [0.25, 0.3) is 0 Å². The Bertz CT molecular complexity index is 488. The average molecular weight is 334 g/mol. The van der Waals surface area contributed by atoms with Crippen molar-refractivity contribution in [2.24, 2.45) is 5.92 Å². The molecular weight excluding hydrogens is 304 g/mol. The van der Waals surface area contributed by atoms with Gasteiger partial charge in [-0.3, -0.25) is 9.59 Å². The van der Waals surface area contributed by atoms with Crippen LogP contribution in [0.15, 0.2) is 36.0 Å². The first-order valence-corrected chi connectivity index (χ1v) is 9.01. The lowest BCUT2D eigenvalue weighted by molar-refractivity contribution is -0.137. The lowest BCUT2D eigenvalue weighted by Crippen LogP contribution is -2.13. The number of carbonyl (C=O) groups excluding carboxylic acids is 1. The van der Waals surface area contributed by atoms with Gasteiger partial charge in [0.15, 0.2) is 5.78 Å². The molecule has 0 aromatic heterocycles. The number of aliphatic hydroxyl groups is 1. The Hall–Kier alpha value is -1.68. The van der Waals surface area contributed by atoms with Gasteiger partial charge in [-0.2, -0.15) is 0 Å². The highest BCUT2D eigenvalue weighted by atomic mass is 16.4. The lowest BCUT2D eigenvalue weighted by Gasteiger charge is -2.12. The first kappa shape index (κ1) is 20.4. The third-order valence-corrected chi connectivity index (χ3v) is 4.28. The standard InChI is InChI=1S/C20H30O4/c1-2-3-4-5-6-9-12-16-17(19(22)15-18(16)21)13-10-7-8-11-14-20(23)24/h6-7,9-10,12,17,19,22H,2-5,8,11,13-15H2,1H3,(H,23,24)/t17-,19-/m1/s1. The number of Topliss-reactive ketones (excluding diaryl/α,β-unsaturated/α-hetero) is 1. The number of allylic oxidation sites excluding steroid dienone is 5. The SMILES string of the molecule is CCCCCC=CC=C1C(=O)C[C@@H](O)[C@@H]1CC=CCCCC(=O)O. The number of aliphatic carboxylic acids is 1. The number of ketones is 1. The number of hydrogen-bond donors (Lipinski definition) is 2. The van der Waals surface area contributed by atoms with Crippen LogP contribution in [-0.4, -0.2) is 28.1 Å². The fraction of sp³-hybridized carbons (Fsp3) is 0.600. The Balaban J connectivity index is 2.48. The molecule has 4 heteroatoms. The molecule has 0 amide bonds. The molecule has 0 heterocycles. The number of carboxylic acid groups (broad SMARTS) is 1. The average Bonchev–Trinajstić information content (AvgIpc) is 2.80. The van der Waals surface area contributed by atoms with Crippen LogP contribution in [0.3, 0.4) is 0 Å². The minimum Gasteiger partial charge on any atom is -0.481 e. The first-order valence-electron chi connectivity index (χ1n) is 9.01. The van der Waals surface area contributed by atoms with Crippen molar-refractivity contribution in [2.75, 3.05) is 0 Å². The molecule has 0 bridgehead atoms. The van der Waals surface area contributed by atoms with Gasteiger partial charge in [0, 0.05) is 24.3 Å². The van der Waals surface area contributed by atoms with Gasteiger partial charge in [0.05, 0.1) is 6.10 Å². The molecule has 0 spiro atoms. The smallest absolute Gasteiger partial charge is 0.303 e. The van der Waals surface area contributed by atoms with E-state index >= 15 is 0 Å². The molecule has 2 N–H and O–H groups in total. The maximum Gasteiger partial charge on any atom is 0.303 e. The molecular formula is C20H30O4. The zero-order valence-electron chi connectivity index (χ0n) is 14.6. The van der Waals surface area contributed by atoms with Crippen molar-refractivity contribution in [1.29, 1.82) is 0 Å². The van der Waals surface area contributed by atoms with Crippen LogP contribution >= 0.6 is 0 Å². The minimum atomic E-state index is -0.781. The second kappa shape index (κ2) is 11.8. The molecule has 0 unspecified atom stereocenters. The van der Waals surface area contributed by atoms with E-state index in [1.807, 2.05) is 24.3 Å². The van der Waals surface area contributed by atoms with Gasteiger partial charge in [-0.25, -0.2) is 0 Å². The third-order valence-electron chi connectivity index (χ3n) is 4.28. The fourth-order valence-corrected chi connectivity index (χ4v) is 2.88. The summed E-state index contributed by atoms with van der Waals surface area (Å²) in [4.78, 5) is 22.5. The topological polar surface area (TPSA) is 74.6 Å². The number of hydrogen-bond acceptors (Lipinski definition) is 3. The van der Waals surface area contributed by atoms with Crippen LogP contribution in [0.4, 0.5) is 0 Å². The highest BCUT2D eigenvalue weighted by Crippen LogP contribution is 2.31. The molecule has 4 nitrogen and oxygen atoms in total. The summed E-state index contributed by atoms with van der Waals surface area (Å²) in [7, 11) is 0. The number of rotatable bonds is 11. The molecule has 0 saturated heterocycles. The normalized spacial score (nSPS) is 23.1. The van der Waals surface area contributed by atoms with Crippen molar-refractivity contribution in [3.8, 4) is 0 Å². The largest absolute Gasteiger partial charge is 0.481 e. The third kappa shape index (κ3) is 7.73. The van der Waals surface area contributed by atoms with Gasteiger partial charge in [-0.15, -0.1) is 0 Å². The summed E-state index contributed by atoms with van der Waals surface area (Å²) in [5.74, 6) is -0.894. The highest BCUT2D eigenvalue weighted by molar-refractivity contribution is 5.99. The summed E-state index contributed by atoms with van der Waals surface area (Å²) in [6.45, 7) is 2.17. The summed E-state index contributed by atoms with van der Waals surface area (Å²) in [6.07, 6.45) is 16.1. The Morgan fingerprint density at radius 2 is 1.92 bits per heavy atom. The number of carbonyl (C=O) groups is 2. The summed E-state index contributed by atoms with van der Waals surface area (Å²) in [6, 6.07) is 0. The zero-order valence-corrected chi connectivity index (χ0v) is 14.6. The quantitative estimate of drug-likeness (QED) is 0.337. The fourth-order valence-electron chi connectivity index (χ4n) is 2.88. The predicted molar refractivity (Wildman–Crippen MR) is 95.7 cm³/mol. The van der Waals surface area contributed by atoms with Gasteiger partial charge < -0.3 is 10.2 Å². The lowest BCUT2D eigenvalue weighted by atomic mass is 9.96. The van der Waals surface area contributed by atoms with E-state index in [0.717, 1.165) is 12.8 Å². The van der Waals surface area contributed by atoms with Gasteiger partial charge in [0.1, 0.15) is 0 Å². The van der Waals surface area contributed by atoms with Crippen LogP contribution in [0, 0.1) is 5.92 Å². The van der Waals surface area contributed by atoms with Crippen LogP contribution in [0.2, 0.25) is 0 Å². The van der Waals surface area contributed by atoms with E-state index in [4.69, 9.17) is 5.11 Å². The Kier molecular flexibility index (Phi) is 10.0. The molecule has 1 aliphatic rings. The van der Waals surface area contributed by atoms with E-state index in [-0.39, 0.29) is 24.5 Å². The van der Waals surface area contributed by atoms with Gasteiger partial charge >= 0.3 is 5.97 Å². The van der Waals surface area contributed by atoms with E-state index < -0.39 is 12.1 Å². The van der Waals surface area contributed by atoms with Crippen LogP contribution in [0.5, 0.6) is 0 Å². The first-order chi connectivity index (χ1) is 11.6. The van der Waals surface area contributed by atoms with Crippen LogP contribution < -0.4 is 0 Å². The van der Waals surface area contributed by atoms with Gasteiger partial charge in [-0.05, 0) is 32.1 Å². The second-order valence-corrected chi connectivity index (χ2v) is 6.34. The maximum absolute atomic E-state index is 12.0. The van der Waals surface area contributed by atoms with Crippen molar-refractivity contribution in [3.05, 3.63) is 36.0 Å². The molecule has 0 aliphatic heterocycles. The van der Waals surface area contributed by atoms with Crippen molar-refractivity contribution in [2.45, 2.75) is 70.8 Å². The highest BCUT2D eigenvalue weighted by Gasteiger charge is 2.35. The predicted octanol–water partition coefficient (Wildman–Crippen LogP) is 4.20.